The normalized spacial score (nSPS) is 10.1. The second-order valence-corrected chi connectivity index (χ2v) is 4.53. The Hall–Kier alpha value is -1.92. The molecule has 2 amide bonds. The summed E-state index contributed by atoms with van der Waals surface area (Å²) >= 11 is 0. The van der Waals surface area contributed by atoms with Gasteiger partial charge in [0.25, 0.3) is 0 Å². The maximum atomic E-state index is 11.3. The molecule has 0 heterocycles. The van der Waals surface area contributed by atoms with Gasteiger partial charge in [-0.1, -0.05) is 30.3 Å². The molecule has 0 aliphatic carbocycles. The zero-order chi connectivity index (χ0) is 15.3. The van der Waals surface area contributed by atoms with E-state index in [2.05, 4.69) is 22.8 Å². The molecule has 21 heavy (non-hydrogen) atoms. The van der Waals surface area contributed by atoms with Crippen molar-refractivity contribution < 1.29 is 14.3 Å². The molecule has 0 aromatic heterocycles. The van der Waals surface area contributed by atoms with Gasteiger partial charge in [-0.25, -0.2) is 0 Å². The molecule has 1 aromatic carbocycles. The van der Waals surface area contributed by atoms with E-state index in [0.717, 1.165) is 12.8 Å². The van der Waals surface area contributed by atoms with E-state index in [-0.39, 0.29) is 24.9 Å². The van der Waals surface area contributed by atoms with Crippen LogP contribution in [-0.4, -0.2) is 44.7 Å². The number of rotatable bonds is 10. The van der Waals surface area contributed by atoms with Crippen molar-refractivity contribution in [2.75, 3.05) is 32.8 Å². The highest BCUT2D eigenvalue weighted by Crippen LogP contribution is 1.99. The summed E-state index contributed by atoms with van der Waals surface area (Å²) < 4.78 is 5.50. The lowest BCUT2D eigenvalue weighted by Crippen LogP contribution is -2.39. The molecule has 0 aliphatic heterocycles. The van der Waals surface area contributed by atoms with Crippen LogP contribution in [0.25, 0.3) is 0 Å². The first-order valence-electron chi connectivity index (χ1n) is 7.07. The number of amides is 2. The molecule has 116 valence electrons. The number of ether oxygens (including phenoxy) is 1. The van der Waals surface area contributed by atoms with Crippen LogP contribution in [0.1, 0.15) is 12.0 Å². The van der Waals surface area contributed by atoms with Gasteiger partial charge >= 0.3 is 0 Å². The van der Waals surface area contributed by atoms with E-state index in [1.807, 2.05) is 18.2 Å². The van der Waals surface area contributed by atoms with Crippen LogP contribution in [0.5, 0.6) is 0 Å². The Morgan fingerprint density at radius 1 is 1.05 bits per heavy atom. The Morgan fingerprint density at radius 2 is 1.81 bits per heavy atom. The summed E-state index contributed by atoms with van der Waals surface area (Å²) in [5.41, 5.74) is 6.36. The fourth-order valence-corrected chi connectivity index (χ4v) is 1.65. The number of nitrogens with two attached hydrogens (primary N) is 1. The number of carbonyl (C=O) groups is 2. The van der Waals surface area contributed by atoms with Crippen molar-refractivity contribution in [3.63, 3.8) is 0 Å². The minimum Gasteiger partial charge on any atom is -0.381 e. The standard InChI is InChI=1S/C15H23N3O3/c16-11-14(19)18-12-15(20)17-8-4-9-21-10-7-13-5-2-1-3-6-13/h1-3,5-6H,4,7-12,16H2,(H,17,20)(H,18,19). The van der Waals surface area contributed by atoms with Crippen molar-refractivity contribution in [1.82, 2.24) is 10.6 Å². The first kappa shape index (κ1) is 17.1. The quantitative estimate of drug-likeness (QED) is 0.522. The summed E-state index contributed by atoms with van der Waals surface area (Å²) in [6.07, 6.45) is 1.63. The topological polar surface area (TPSA) is 93.5 Å². The van der Waals surface area contributed by atoms with Crippen LogP contribution < -0.4 is 16.4 Å². The molecule has 0 bridgehead atoms. The molecule has 0 fully saturated rings. The van der Waals surface area contributed by atoms with Crippen LogP contribution in [-0.2, 0) is 20.7 Å². The van der Waals surface area contributed by atoms with E-state index in [1.54, 1.807) is 0 Å². The van der Waals surface area contributed by atoms with Gasteiger partial charge in [0.1, 0.15) is 0 Å². The smallest absolute Gasteiger partial charge is 0.239 e. The fourth-order valence-electron chi connectivity index (χ4n) is 1.65. The van der Waals surface area contributed by atoms with Crippen LogP contribution in [0.15, 0.2) is 30.3 Å². The fraction of sp³-hybridized carbons (Fsp3) is 0.467. The SMILES string of the molecule is NCC(=O)NCC(=O)NCCCOCCc1ccccc1. The molecule has 0 aliphatic rings. The summed E-state index contributed by atoms with van der Waals surface area (Å²) in [5, 5.41) is 5.10. The molecular weight excluding hydrogens is 270 g/mol. The highest BCUT2D eigenvalue weighted by molar-refractivity contribution is 5.85. The van der Waals surface area contributed by atoms with Gasteiger partial charge in [-0.05, 0) is 18.4 Å². The Balaban J connectivity index is 1.92. The van der Waals surface area contributed by atoms with Gasteiger partial charge in [0, 0.05) is 13.2 Å². The summed E-state index contributed by atoms with van der Waals surface area (Å²) in [7, 11) is 0. The number of hydrogen-bond donors (Lipinski definition) is 3. The van der Waals surface area contributed by atoms with Gasteiger partial charge in [-0.2, -0.15) is 0 Å². The van der Waals surface area contributed by atoms with Crippen molar-refractivity contribution in [3.8, 4) is 0 Å². The number of hydrogen-bond acceptors (Lipinski definition) is 4. The van der Waals surface area contributed by atoms with E-state index >= 15 is 0 Å². The van der Waals surface area contributed by atoms with Gasteiger partial charge < -0.3 is 21.1 Å². The molecule has 0 saturated heterocycles. The predicted octanol–water partition coefficient (Wildman–Crippen LogP) is -0.173. The molecule has 6 nitrogen and oxygen atoms in total. The molecule has 4 N–H and O–H groups in total. The van der Waals surface area contributed by atoms with E-state index < -0.39 is 0 Å². The number of carbonyl (C=O) groups excluding carboxylic acids is 2. The Labute approximate surface area is 125 Å². The Kier molecular flexibility index (Phi) is 8.83. The predicted molar refractivity (Wildman–Crippen MR) is 80.7 cm³/mol. The average molecular weight is 293 g/mol. The lowest BCUT2D eigenvalue weighted by atomic mass is 10.2. The highest BCUT2D eigenvalue weighted by Gasteiger charge is 2.02. The highest BCUT2D eigenvalue weighted by atomic mass is 16.5. The third-order valence-electron chi connectivity index (χ3n) is 2.80. The van der Waals surface area contributed by atoms with Crippen molar-refractivity contribution in [1.29, 1.82) is 0 Å². The minimum atomic E-state index is -0.339. The van der Waals surface area contributed by atoms with Crippen LogP contribution in [0.2, 0.25) is 0 Å². The molecular formula is C15H23N3O3. The molecule has 0 atom stereocenters. The zero-order valence-electron chi connectivity index (χ0n) is 12.1. The first-order chi connectivity index (χ1) is 10.2. The second kappa shape index (κ2) is 10.8. The Bertz CT molecular complexity index is 423. The van der Waals surface area contributed by atoms with E-state index in [0.29, 0.717) is 19.8 Å². The van der Waals surface area contributed by atoms with Crippen molar-refractivity contribution >= 4 is 11.8 Å². The molecule has 0 unspecified atom stereocenters. The molecule has 0 radical (unpaired) electrons. The monoisotopic (exact) mass is 293 g/mol. The third kappa shape index (κ3) is 8.78. The summed E-state index contributed by atoms with van der Waals surface area (Å²) in [6.45, 7) is 1.66. The maximum Gasteiger partial charge on any atom is 0.239 e. The lowest BCUT2D eigenvalue weighted by Gasteiger charge is -2.07. The van der Waals surface area contributed by atoms with Gasteiger partial charge in [0.05, 0.1) is 19.7 Å². The van der Waals surface area contributed by atoms with Crippen molar-refractivity contribution in [3.05, 3.63) is 35.9 Å². The minimum absolute atomic E-state index is 0.0368. The maximum absolute atomic E-state index is 11.3. The van der Waals surface area contributed by atoms with Crippen molar-refractivity contribution in [2.45, 2.75) is 12.8 Å². The summed E-state index contributed by atoms with van der Waals surface area (Å²) in [6, 6.07) is 10.1. The van der Waals surface area contributed by atoms with Gasteiger partial charge in [-0.15, -0.1) is 0 Å². The van der Waals surface area contributed by atoms with Crippen LogP contribution in [0.3, 0.4) is 0 Å². The van der Waals surface area contributed by atoms with E-state index in [9.17, 15) is 9.59 Å². The van der Waals surface area contributed by atoms with E-state index in [4.69, 9.17) is 10.5 Å². The number of benzene rings is 1. The van der Waals surface area contributed by atoms with Gasteiger partial charge in [0.2, 0.25) is 11.8 Å². The van der Waals surface area contributed by atoms with Gasteiger partial charge in [0.15, 0.2) is 0 Å². The second-order valence-electron chi connectivity index (χ2n) is 4.53. The average Bonchev–Trinajstić information content (AvgIpc) is 2.52. The van der Waals surface area contributed by atoms with Crippen LogP contribution >= 0.6 is 0 Å². The summed E-state index contributed by atoms with van der Waals surface area (Å²) in [4.78, 5) is 22.2. The van der Waals surface area contributed by atoms with Crippen LogP contribution in [0.4, 0.5) is 0 Å². The summed E-state index contributed by atoms with van der Waals surface area (Å²) in [5.74, 6) is -0.560. The lowest BCUT2D eigenvalue weighted by molar-refractivity contribution is -0.125. The van der Waals surface area contributed by atoms with Crippen LogP contribution in [0, 0.1) is 0 Å². The molecule has 1 rings (SSSR count). The number of nitrogens with one attached hydrogen (secondary N) is 2. The zero-order valence-corrected chi connectivity index (χ0v) is 12.1. The third-order valence-corrected chi connectivity index (χ3v) is 2.80. The first-order valence-corrected chi connectivity index (χ1v) is 7.07. The Morgan fingerprint density at radius 3 is 2.52 bits per heavy atom. The molecule has 1 aromatic rings. The van der Waals surface area contributed by atoms with E-state index in [1.165, 1.54) is 5.56 Å². The molecule has 6 heteroatoms. The molecule has 0 saturated carbocycles. The molecule has 0 spiro atoms. The largest absolute Gasteiger partial charge is 0.381 e. The van der Waals surface area contributed by atoms with Gasteiger partial charge in [-0.3, -0.25) is 9.59 Å². The van der Waals surface area contributed by atoms with Crippen molar-refractivity contribution in [2.24, 2.45) is 5.73 Å².